The lowest BCUT2D eigenvalue weighted by Gasteiger charge is -2.15. The Morgan fingerprint density at radius 1 is 1.71 bits per heavy atom. The van der Waals surface area contributed by atoms with E-state index in [1.807, 2.05) is 6.07 Å². The summed E-state index contributed by atoms with van der Waals surface area (Å²) in [6.07, 6.45) is 2.72. The number of carbonyl (C=O) groups excluding carboxylic acids is 1. The summed E-state index contributed by atoms with van der Waals surface area (Å²) in [5.41, 5.74) is 0.973. The first-order valence-corrected chi connectivity index (χ1v) is 6.11. The highest BCUT2D eigenvalue weighted by atomic mass is 35.5. The highest BCUT2D eigenvalue weighted by Gasteiger charge is 2.23. The number of nitrogens with one attached hydrogen (secondary N) is 1. The van der Waals surface area contributed by atoms with Crippen molar-refractivity contribution in [2.75, 3.05) is 13.1 Å². The molecular formula is C12H16ClN3O. The van der Waals surface area contributed by atoms with Crippen molar-refractivity contribution in [3.8, 4) is 0 Å². The van der Waals surface area contributed by atoms with Gasteiger partial charge in [0.05, 0.1) is 5.69 Å². The van der Waals surface area contributed by atoms with Crippen LogP contribution in [0.15, 0.2) is 18.3 Å². The summed E-state index contributed by atoms with van der Waals surface area (Å²) in [6, 6.07) is 3.93. The van der Waals surface area contributed by atoms with Gasteiger partial charge in [-0.1, -0.05) is 11.6 Å². The summed E-state index contributed by atoms with van der Waals surface area (Å²) in [6.45, 7) is 4.21. The Kier molecular flexibility index (Phi) is 3.97. The van der Waals surface area contributed by atoms with Gasteiger partial charge in [0.1, 0.15) is 0 Å². The van der Waals surface area contributed by atoms with E-state index in [1.165, 1.54) is 0 Å². The Morgan fingerprint density at radius 3 is 3.24 bits per heavy atom. The first-order valence-electron chi connectivity index (χ1n) is 5.73. The SMILES string of the molecule is CC(=O)NC1CCN(Cc2cc(Cl)ccn2)C1. The van der Waals surface area contributed by atoms with Gasteiger partial charge in [0, 0.05) is 43.8 Å². The Bertz CT molecular complexity index is 410. The predicted octanol–water partition coefficient (Wildman–Crippen LogP) is 1.45. The molecule has 1 N–H and O–H groups in total. The van der Waals surface area contributed by atoms with Crippen LogP contribution >= 0.6 is 11.6 Å². The van der Waals surface area contributed by atoms with Gasteiger partial charge < -0.3 is 5.32 Å². The van der Waals surface area contributed by atoms with E-state index in [1.54, 1.807) is 19.2 Å². The summed E-state index contributed by atoms with van der Waals surface area (Å²) in [7, 11) is 0. The standard InChI is InChI=1S/C12H16ClN3O/c1-9(17)15-11-3-5-16(7-11)8-12-6-10(13)2-4-14-12/h2,4,6,11H,3,5,7-8H2,1H3,(H,15,17). The van der Waals surface area contributed by atoms with E-state index in [4.69, 9.17) is 11.6 Å². The minimum absolute atomic E-state index is 0.0396. The summed E-state index contributed by atoms with van der Waals surface area (Å²) < 4.78 is 0. The zero-order valence-electron chi connectivity index (χ0n) is 9.82. The molecule has 0 aromatic carbocycles. The van der Waals surface area contributed by atoms with Gasteiger partial charge in [0.25, 0.3) is 0 Å². The molecule has 1 atom stereocenters. The topological polar surface area (TPSA) is 45.2 Å². The van der Waals surface area contributed by atoms with Crippen LogP contribution in [0.1, 0.15) is 19.0 Å². The van der Waals surface area contributed by atoms with Crippen molar-refractivity contribution in [2.24, 2.45) is 0 Å². The van der Waals surface area contributed by atoms with Gasteiger partial charge in [0.2, 0.25) is 5.91 Å². The smallest absolute Gasteiger partial charge is 0.217 e. The average Bonchev–Trinajstić information content (AvgIpc) is 2.64. The third-order valence-electron chi connectivity index (χ3n) is 2.84. The number of amides is 1. The largest absolute Gasteiger partial charge is 0.352 e. The molecule has 0 bridgehead atoms. The lowest BCUT2D eigenvalue weighted by Crippen LogP contribution is -2.35. The van der Waals surface area contributed by atoms with Gasteiger partial charge in [-0.25, -0.2) is 0 Å². The molecule has 1 amide bonds. The number of pyridine rings is 1. The highest BCUT2D eigenvalue weighted by Crippen LogP contribution is 2.14. The van der Waals surface area contributed by atoms with Crippen molar-refractivity contribution < 1.29 is 4.79 Å². The molecule has 92 valence electrons. The van der Waals surface area contributed by atoms with Crippen LogP contribution in [0.4, 0.5) is 0 Å². The maximum absolute atomic E-state index is 10.9. The first-order chi connectivity index (χ1) is 8.13. The molecule has 1 saturated heterocycles. The van der Waals surface area contributed by atoms with E-state index < -0.39 is 0 Å². The van der Waals surface area contributed by atoms with Crippen LogP contribution in [0.5, 0.6) is 0 Å². The van der Waals surface area contributed by atoms with Crippen LogP contribution in [0.25, 0.3) is 0 Å². The quantitative estimate of drug-likeness (QED) is 0.887. The Morgan fingerprint density at radius 2 is 2.53 bits per heavy atom. The average molecular weight is 254 g/mol. The van der Waals surface area contributed by atoms with Gasteiger partial charge >= 0.3 is 0 Å². The van der Waals surface area contributed by atoms with Crippen molar-refractivity contribution in [2.45, 2.75) is 25.9 Å². The molecule has 5 heteroatoms. The van der Waals surface area contributed by atoms with Gasteiger partial charge in [-0.2, -0.15) is 0 Å². The second-order valence-electron chi connectivity index (χ2n) is 4.39. The third kappa shape index (κ3) is 3.68. The van der Waals surface area contributed by atoms with Crippen LogP contribution in [0.3, 0.4) is 0 Å². The van der Waals surface area contributed by atoms with Gasteiger partial charge in [-0.05, 0) is 18.6 Å². The van der Waals surface area contributed by atoms with Crippen LogP contribution in [0.2, 0.25) is 5.02 Å². The van der Waals surface area contributed by atoms with Crippen molar-refractivity contribution >= 4 is 17.5 Å². The van der Waals surface area contributed by atoms with Crippen molar-refractivity contribution in [1.29, 1.82) is 0 Å². The molecule has 2 heterocycles. The van der Waals surface area contributed by atoms with E-state index in [0.29, 0.717) is 5.02 Å². The van der Waals surface area contributed by atoms with E-state index in [2.05, 4.69) is 15.2 Å². The monoisotopic (exact) mass is 253 g/mol. The number of likely N-dealkylation sites (tertiary alicyclic amines) is 1. The first kappa shape index (κ1) is 12.3. The Balaban J connectivity index is 1.87. The lowest BCUT2D eigenvalue weighted by atomic mass is 10.2. The normalized spacial score (nSPS) is 20.5. The van der Waals surface area contributed by atoms with Crippen molar-refractivity contribution in [1.82, 2.24) is 15.2 Å². The van der Waals surface area contributed by atoms with Gasteiger partial charge in [-0.15, -0.1) is 0 Å². The highest BCUT2D eigenvalue weighted by molar-refractivity contribution is 6.30. The fraction of sp³-hybridized carbons (Fsp3) is 0.500. The molecule has 1 aromatic heterocycles. The second kappa shape index (κ2) is 5.47. The lowest BCUT2D eigenvalue weighted by molar-refractivity contribution is -0.119. The molecule has 0 saturated carbocycles. The number of carbonyl (C=O) groups is 1. The maximum Gasteiger partial charge on any atom is 0.217 e. The zero-order valence-corrected chi connectivity index (χ0v) is 10.6. The Hall–Kier alpha value is -1.13. The molecule has 0 aliphatic carbocycles. The molecule has 0 radical (unpaired) electrons. The molecule has 1 aromatic rings. The number of hydrogen-bond acceptors (Lipinski definition) is 3. The number of nitrogens with zero attached hydrogens (tertiary/aromatic N) is 2. The molecule has 0 spiro atoms. The molecule has 1 aliphatic rings. The summed E-state index contributed by atoms with van der Waals surface area (Å²) in [5, 5.41) is 3.66. The molecule has 17 heavy (non-hydrogen) atoms. The zero-order chi connectivity index (χ0) is 12.3. The maximum atomic E-state index is 10.9. The van der Waals surface area contributed by atoms with E-state index >= 15 is 0 Å². The molecule has 2 rings (SSSR count). The van der Waals surface area contributed by atoms with Crippen LogP contribution < -0.4 is 5.32 Å². The van der Waals surface area contributed by atoms with Gasteiger partial charge in [-0.3, -0.25) is 14.7 Å². The predicted molar refractivity (Wildman–Crippen MR) is 66.7 cm³/mol. The summed E-state index contributed by atoms with van der Waals surface area (Å²) in [5.74, 6) is 0.0396. The minimum atomic E-state index is 0.0396. The molecule has 1 unspecified atom stereocenters. The molecule has 1 aliphatic heterocycles. The molecule has 1 fully saturated rings. The molecule has 4 nitrogen and oxygen atoms in total. The molecular weight excluding hydrogens is 238 g/mol. The summed E-state index contributed by atoms with van der Waals surface area (Å²) in [4.78, 5) is 17.5. The second-order valence-corrected chi connectivity index (χ2v) is 4.82. The number of aromatic nitrogens is 1. The fourth-order valence-electron chi connectivity index (χ4n) is 2.15. The van der Waals surface area contributed by atoms with E-state index in [-0.39, 0.29) is 11.9 Å². The van der Waals surface area contributed by atoms with Gasteiger partial charge in [0.15, 0.2) is 0 Å². The minimum Gasteiger partial charge on any atom is -0.352 e. The van der Waals surface area contributed by atoms with Crippen LogP contribution in [-0.2, 0) is 11.3 Å². The number of halogens is 1. The summed E-state index contributed by atoms with van der Waals surface area (Å²) >= 11 is 5.91. The number of rotatable bonds is 3. The number of hydrogen-bond donors (Lipinski definition) is 1. The Labute approximate surface area is 106 Å². The fourth-order valence-corrected chi connectivity index (χ4v) is 2.33. The van der Waals surface area contributed by atoms with Crippen molar-refractivity contribution in [3.63, 3.8) is 0 Å². The van der Waals surface area contributed by atoms with E-state index in [0.717, 1.165) is 31.7 Å². The van der Waals surface area contributed by atoms with Crippen molar-refractivity contribution in [3.05, 3.63) is 29.0 Å². The van der Waals surface area contributed by atoms with Crippen LogP contribution in [0, 0.1) is 0 Å². The third-order valence-corrected chi connectivity index (χ3v) is 3.08. The van der Waals surface area contributed by atoms with Crippen LogP contribution in [-0.4, -0.2) is 34.9 Å². The van der Waals surface area contributed by atoms with E-state index in [9.17, 15) is 4.79 Å².